The van der Waals surface area contributed by atoms with E-state index in [4.69, 9.17) is 9.47 Å². The van der Waals surface area contributed by atoms with Gasteiger partial charge in [-0.3, -0.25) is 14.5 Å². The molecule has 176 valence electrons. The lowest BCUT2D eigenvalue weighted by molar-refractivity contribution is -0.134. The molecule has 0 N–H and O–H groups in total. The van der Waals surface area contributed by atoms with Crippen LogP contribution in [-0.2, 0) is 16.1 Å². The van der Waals surface area contributed by atoms with Crippen LogP contribution in [0.3, 0.4) is 0 Å². The number of ether oxygens (including phenoxy) is 3. The lowest BCUT2D eigenvalue weighted by Gasteiger charge is -2.13. The van der Waals surface area contributed by atoms with E-state index in [1.54, 1.807) is 12.1 Å². The molecule has 0 radical (unpaired) electrons. The van der Waals surface area contributed by atoms with E-state index in [9.17, 15) is 19.2 Å². The van der Waals surface area contributed by atoms with Crippen molar-refractivity contribution in [1.29, 1.82) is 0 Å². The van der Waals surface area contributed by atoms with Gasteiger partial charge < -0.3 is 14.2 Å². The summed E-state index contributed by atoms with van der Waals surface area (Å²) in [6, 6.07) is 18.2. The molecule has 4 rings (SSSR count). The Balaban J connectivity index is 1.52. The fraction of sp³-hybridized carbons (Fsp3) is 0.111. The minimum Gasteiger partial charge on any atom is -0.493 e. The van der Waals surface area contributed by atoms with Crippen molar-refractivity contribution in [1.82, 2.24) is 4.90 Å². The van der Waals surface area contributed by atoms with E-state index >= 15 is 0 Å². The van der Waals surface area contributed by atoms with E-state index in [1.165, 1.54) is 50.6 Å². The molecule has 1 aliphatic heterocycles. The third kappa shape index (κ3) is 4.96. The van der Waals surface area contributed by atoms with Crippen LogP contribution in [0.2, 0.25) is 0 Å². The molecule has 0 unspecified atom stereocenters. The zero-order valence-electron chi connectivity index (χ0n) is 19.0. The first kappa shape index (κ1) is 23.4. The summed E-state index contributed by atoms with van der Waals surface area (Å²) in [4.78, 5) is 50.9. The molecule has 8 nitrogen and oxygen atoms in total. The summed E-state index contributed by atoms with van der Waals surface area (Å²) < 4.78 is 15.3. The first-order chi connectivity index (χ1) is 16.9. The Morgan fingerprint density at radius 1 is 0.857 bits per heavy atom. The standard InChI is InChI=1S/C27H21NO7/c1-33-23-14-17(9-13-24(29)34-2)8-12-22(23)35-27(32)19-10-11-20-21(15-19)26(31)28(25(20)30)16-18-6-4-3-5-7-18/h3-15H,16H2,1-2H3/b13-9+. The highest BCUT2D eigenvalue weighted by atomic mass is 16.6. The second-order valence-electron chi connectivity index (χ2n) is 7.60. The molecule has 1 aliphatic rings. The molecule has 0 aliphatic carbocycles. The highest BCUT2D eigenvalue weighted by Gasteiger charge is 2.36. The number of esters is 2. The zero-order chi connectivity index (χ0) is 24.9. The second kappa shape index (κ2) is 10.0. The fourth-order valence-electron chi connectivity index (χ4n) is 3.59. The zero-order valence-corrected chi connectivity index (χ0v) is 19.0. The van der Waals surface area contributed by atoms with Gasteiger partial charge in [0.25, 0.3) is 11.8 Å². The number of carbonyl (C=O) groups excluding carboxylic acids is 4. The SMILES string of the molecule is COC(=O)/C=C/c1ccc(OC(=O)c2ccc3c(c2)C(=O)N(Cc2ccccc2)C3=O)c(OC)c1. The van der Waals surface area contributed by atoms with Crippen molar-refractivity contribution in [3.05, 3.63) is 101 Å². The van der Waals surface area contributed by atoms with Crippen LogP contribution in [0.5, 0.6) is 11.5 Å². The fourth-order valence-corrected chi connectivity index (χ4v) is 3.59. The van der Waals surface area contributed by atoms with Crippen molar-refractivity contribution in [2.24, 2.45) is 0 Å². The summed E-state index contributed by atoms with van der Waals surface area (Å²) in [5.41, 5.74) is 1.95. The highest BCUT2D eigenvalue weighted by molar-refractivity contribution is 6.21. The number of hydrogen-bond donors (Lipinski definition) is 0. The van der Waals surface area contributed by atoms with Crippen LogP contribution in [0.4, 0.5) is 0 Å². The van der Waals surface area contributed by atoms with Gasteiger partial charge in [0.15, 0.2) is 11.5 Å². The Hall–Kier alpha value is -4.72. The van der Waals surface area contributed by atoms with Gasteiger partial charge in [-0.2, -0.15) is 0 Å². The summed E-state index contributed by atoms with van der Waals surface area (Å²) in [5.74, 6) is -1.68. The van der Waals surface area contributed by atoms with Gasteiger partial charge in [0.1, 0.15) is 0 Å². The van der Waals surface area contributed by atoms with Crippen molar-refractivity contribution in [3.8, 4) is 11.5 Å². The molecule has 0 bridgehead atoms. The molecule has 0 saturated carbocycles. The molecule has 2 amide bonds. The van der Waals surface area contributed by atoms with Gasteiger partial charge >= 0.3 is 11.9 Å². The molecule has 0 saturated heterocycles. The third-order valence-electron chi connectivity index (χ3n) is 5.39. The van der Waals surface area contributed by atoms with E-state index in [-0.39, 0.29) is 34.7 Å². The van der Waals surface area contributed by atoms with Crippen molar-refractivity contribution >= 4 is 29.8 Å². The van der Waals surface area contributed by atoms with Crippen molar-refractivity contribution < 1.29 is 33.4 Å². The Bertz CT molecular complexity index is 1340. The number of methoxy groups -OCH3 is 2. The summed E-state index contributed by atoms with van der Waals surface area (Å²) in [6.07, 6.45) is 2.79. The van der Waals surface area contributed by atoms with E-state index in [0.29, 0.717) is 5.56 Å². The average molecular weight is 471 g/mol. The van der Waals surface area contributed by atoms with E-state index < -0.39 is 23.8 Å². The van der Waals surface area contributed by atoms with Crippen LogP contribution in [-0.4, -0.2) is 42.9 Å². The van der Waals surface area contributed by atoms with Crippen molar-refractivity contribution in [2.75, 3.05) is 14.2 Å². The maximum atomic E-state index is 12.9. The van der Waals surface area contributed by atoms with E-state index in [0.717, 1.165) is 10.5 Å². The van der Waals surface area contributed by atoms with Gasteiger partial charge in [0.05, 0.1) is 37.5 Å². The number of amides is 2. The highest BCUT2D eigenvalue weighted by Crippen LogP contribution is 2.30. The quantitative estimate of drug-likeness (QED) is 0.223. The number of nitrogens with zero attached hydrogens (tertiary/aromatic N) is 1. The predicted octanol–water partition coefficient (Wildman–Crippen LogP) is 3.90. The van der Waals surface area contributed by atoms with Crippen LogP contribution < -0.4 is 9.47 Å². The Labute approximate surface area is 201 Å². The van der Waals surface area contributed by atoms with Crippen LogP contribution in [0.1, 0.15) is 42.2 Å². The number of fused-ring (bicyclic) bond motifs is 1. The van der Waals surface area contributed by atoms with Gasteiger partial charge in [-0.05, 0) is 47.5 Å². The van der Waals surface area contributed by atoms with Gasteiger partial charge in [-0.25, -0.2) is 9.59 Å². The lowest BCUT2D eigenvalue weighted by atomic mass is 10.1. The molecule has 8 heteroatoms. The number of benzene rings is 3. The minimum absolute atomic E-state index is 0.114. The van der Waals surface area contributed by atoms with Crippen LogP contribution in [0.15, 0.2) is 72.8 Å². The summed E-state index contributed by atoms with van der Waals surface area (Å²) in [7, 11) is 2.69. The van der Waals surface area contributed by atoms with E-state index in [2.05, 4.69) is 4.74 Å². The van der Waals surface area contributed by atoms with Crippen LogP contribution in [0.25, 0.3) is 6.08 Å². The minimum atomic E-state index is -0.717. The van der Waals surface area contributed by atoms with Gasteiger partial charge in [0.2, 0.25) is 0 Å². The Morgan fingerprint density at radius 3 is 2.31 bits per heavy atom. The molecule has 3 aromatic rings. The Morgan fingerprint density at radius 2 is 1.60 bits per heavy atom. The second-order valence-corrected chi connectivity index (χ2v) is 7.60. The maximum Gasteiger partial charge on any atom is 0.343 e. The molecular weight excluding hydrogens is 450 g/mol. The number of rotatable bonds is 7. The van der Waals surface area contributed by atoms with Gasteiger partial charge in [0, 0.05) is 6.08 Å². The smallest absolute Gasteiger partial charge is 0.343 e. The summed E-state index contributed by atoms with van der Waals surface area (Å²) in [5, 5.41) is 0. The van der Waals surface area contributed by atoms with Crippen molar-refractivity contribution in [3.63, 3.8) is 0 Å². The topological polar surface area (TPSA) is 99.2 Å². The summed E-state index contributed by atoms with van der Waals surface area (Å²) >= 11 is 0. The largest absolute Gasteiger partial charge is 0.493 e. The first-order valence-corrected chi connectivity index (χ1v) is 10.6. The molecule has 3 aromatic carbocycles. The molecule has 1 heterocycles. The normalized spacial score (nSPS) is 12.6. The molecule has 0 fully saturated rings. The lowest BCUT2D eigenvalue weighted by Crippen LogP contribution is -2.29. The maximum absolute atomic E-state index is 12.9. The first-order valence-electron chi connectivity index (χ1n) is 10.6. The van der Waals surface area contributed by atoms with Gasteiger partial charge in [-0.15, -0.1) is 0 Å². The molecule has 0 aromatic heterocycles. The predicted molar refractivity (Wildman–Crippen MR) is 126 cm³/mol. The third-order valence-corrected chi connectivity index (χ3v) is 5.39. The Kier molecular flexibility index (Phi) is 6.73. The van der Waals surface area contributed by atoms with Crippen LogP contribution in [0, 0.1) is 0 Å². The molecule has 0 atom stereocenters. The monoisotopic (exact) mass is 471 g/mol. The molecule has 35 heavy (non-hydrogen) atoms. The van der Waals surface area contributed by atoms with Crippen molar-refractivity contribution in [2.45, 2.75) is 6.54 Å². The average Bonchev–Trinajstić information content (AvgIpc) is 3.12. The van der Waals surface area contributed by atoms with E-state index in [1.807, 2.05) is 30.3 Å². The number of imide groups is 1. The molecular formula is C27H21NO7. The number of hydrogen-bond acceptors (Lipinski definition) is 7. The van der Waals surface area contributed by atoms with Gasteiger partial charge in [-0.1, -0.05) is 36.4 Å². The summed E-state index contributed by atoms with van der Waals surface area (Å²) in [6.45, 7) is 0.140. The van der Waals surface area contributed by atoms with Crippen LogP contribution >= 0.6 is 0 Å². The molecule has 0 spiro atoms. The number of carbonyl (C=O) groups is 4.